The Morgan fingerprint density at radius 1 is 0.288 bits per heavy atom. The third kappa shape index (κ3) is 9.43. The van der Waals surface area contributed by atoms with Crippen molar-refractivity contribution in [3.05, 3.63) is 211 Å². The molecule has 7 aromatic carbocycles. The van der Waals surface area contributed by atoms with E-state index in [-0.39, 0.29) is 0 Å². The van der Waals surface area contributed by atoms with E-state index in [1.807, 2.05) is 0 Å². The minimum Gasteiger partial charge on any atom is -0.105 e. The van der Waals surface area contributed by atoms with Gasteiger partial charge in [-0.05, 0) is 115 Å². The highest BCUT2D eigenvalue weighted by molar-refractivity contribution is 7.73. The Kier molecular flexibility index (Phi) is 13.3. The van der Waals surface area contributed by atoms with E-state index in [1.165, 1.54) is 42.7 Å². The fraction of sp³-hybridized carbons (Fsp3) is 0.125. The molecule has 0 fully saturated rings. The van der Waals surface area contributed by atoms with E-state index < -0.39 is 23.8 Å². The summed E-state index contributed by atoms with van der Waals surface area (Å²) in [7, 11) is 1.68. The Morgan fingerprint density at radius 2 is 0.558 bits per heavy atom. The quantitative estimate of drug-likeness (QED) is 0.0919. The van der Waals surface area contributed by atoms with Crippen LogP contribution < -0.4 is 37.1 Å². The van der Waals surface area contributed by atoms with Gasteiger partial charge in [0.2, 0.25) is 0 Å². The predicted molar refractivity (Wildman–Crippen MR) is 239 cm³/mol. The highest BCUT2D eigenvalue weighted by Gasteiger charge is 2.21. The minimum atomic E-state index is -0.496. The van der Waals surface area contributed by atoms with Gasteiger partial charge >= 0.3 is 0 Å². The molecular formula is C48H46P4. The van der Waals surface area contributed by atoms with Crippen LogP contribution in [0.4, 0.5) is 0 Å². The molecule has 258 valence electrons. The van der Waals surface area contributed by atoms with Crippen molar-refractivity contribution in [3.8, 4) is 0 Å². The molecule has 0 N–H and O–H groups in total. The Morgan fingerprint density at radius 3 is 0.865 bits per heavy atom. The first kappa shape index (κ1) is 36.6. The summed E-state index contributed by atoms with van der Waals surface area (Å²) in [4.78, 5) is 0. The van der Waals surface area contributed by atoms with Crippen molar-refractivity contribution in [1.29, 1.82) is 0 Å². The summed E-state index contributed by atoms with van der Waals surface area (Å²) < 4.78 is 0. The van der Waals surface area contributed by atoms with Crippen molar-refractivity contribution in [2.24, 2.45) is 0 Å². The first-order chi connectivity index (χ1) is 25.7. The molecule has 7 aromatic rings. The van der Waals surface area contributed by atoms with Crippen molar-refractivity contribution < 1.29 is 0 Å². The van der Waals surface area contributed by atoms with Crippen molar-refractivity contribution in [2.75, 3.05) is 18.5 Å². The van der Waals surface area contributed by atoms with E-state index in [1.54, 1.807) is 11.1 Å². The van der Waals surface area contributed by atoms with Crippen molar-refractivity contribution in [2.45, 2.75) is 19.3 Å². The third-order valence-corrected chi connectivity index (χ3v) is 17.8. The third-order valence-electron chi connectivity index (χ3n) is 9.75. The summed E-state index contributed by atoms with van der Waals surface area (Å²) >= 11 is 0. The lowest BCUT2D eigenvalue weighted by atomic mass is 9.95. The molecule has 0 heterocycles. The van der Waals surface area contributed by atoms with Crippen LogP contribution in [0.2, 0.25) is 0 Å². The predicted octanol–water partition coefficient (Wildman–Crippen LogP) is 9.21. The molecule has 0 spiro atoms. The molecular weight excluding hydrogens is 700 g/mol. The fourth-order valence-corrected chi connectivity index (χ4v) is 14.6. The van der Waals surface area contributed by atoms with E-state index in [9.17, 15) is 0 Å². The average Bonchev–Trinajstić information content (AvgIpc) is 3.22. The molecule has 7 rings (SSSR count). The summed E-state index contributed by atoms with van der Waals surface area (Å²) in [5.41, 5.74) is 4.65. The molecule has 0 bridgehead atoms. The molecule has 1 unspecified atom stereocenters. The largest absolute Gasteiger partial charge is 0.105 e. The second kappa shape index (κ2) is 18.8. The van der Waals surface area contributed by atoms with E-state index in [0.29, 0.717) is 0 Å². The van der Waals surface area contributed by atoms with Gasteiger partial charge in [0.25, 0.3) is 0 Å². The highest BCUT2D eigenvalue weighted by atomic mass is 31.1. The Labute approximate surface area is 317 Å². The van der Waals surface area contributed by atoms with Gasteiger partial charge in [-0.25, -0.2) is 0 Å². The van der Waals surface area contributed by atoms with Crippen LogP contribution in [0.1, 0.15) is 16.7 Å². The molecule has 0 saturated heterocycles. The van der Waals surface area contributed by atoms with Gasteiger partial charge in [0.15, 0.2) is 0 Å². The van der Waals surface area contributed by atoms with Gasteiger partial charge in [0.05, 0.1) is 0 Å². The van der Waals surface area contributed by atoms with Gasteiger partial charge in [-0.2, -0.15) is 0 Å². The molecule has 0 nitrogen and oxygen atoms in total. The Bertz CT molecular complexity index is 1970. The van der Waals surface area contributed by atoms with Gasteiger partial charge < -0.3 is 0 Å². The van der Waals surface area contributed by atoms with E-state index >= 15 is 0 Å². The zero-order valence-corrected chi connectivity index (χ0v) is 33.5. The zero-order chi connectivity index (χ0) is 35.4. The van der Waals surface area contributed by atoms with Crippen LogP contribution in [0.25, 0.3) is 0 Å². The molecule has 52 heavy (non-hydrogen) atoms. The van der Waals surface area contributed by atoms with Gasteiger partial charge in [0, 0.05) is 0 Å². The molecule has 1 atom stereocenters. The summed E-state index contributed by atoms with van der Waals surface area (Å²) in [6.07, 6.45) is 6.62. The highest BCUT2D eigenvalue weighted by Crippen LogP contribution is 2.39. The first-order valence-corrected chi connectivity index (χ1v) is 23.4. The first-order valence-electron chi connectivity index (χ1n) is 18.3. The van der Waals surface area contributed by atoms with Gasteiger partial charge in [0.1, 0.15) is 0 Å². The number of hydrogen-bond acceptors (Lipinski definition) is 0. The number of aryl methyl sites for hydroxylation is 1. The maximum Gasteiger partial charge on any atom is -0.0195 e. The van der Waals surface area contributed by atoms with Crippen molar-refractivity contribution in [3.63, 3.8) is 0 Å². The zero-order valence-electron chi connectivity index (χ0n) is 29.6. The number of hydrogen-bond donors (Lipinski definition) is 0. The molecule has 0 aliphatic rings. The standard InChI is InChI=1S/C48H46P4/c49-48-32-31-39(33-36-50(40-19-7-1-8-20-40)41-21-9-2-10-22-41)46(34-37-51(42-23-11-3-12-24-42)43-25-13-4-14-26-43)47(48)35-38-52(44-27-15-5-16-28-44)45-29-17-6-18-30-45/h1-32H,33-38,49H2. The Hall–Kier alpha value is -3.74. The second-order valence-electron chi connectivity index (χ2n) is 13.0. The molecule has 0 amide bonds. The van der Waals surface area contributed by atoms with Crippen LogP contribution in [0.15, 0.2) is 194 Å². The van der Waals surface area contributed by atoms with Gasteiger partial charge in [-0.3, -0.25) is 0 Å². The lowest BCUT2D eigenvalue weighted by Crippen LogP contribution is -2.20. The molecule has 4 heteroatoms. The van der Waals surface area contributed by atoms with Gasteiger partial charge in [-0.15, -0.1) is 9.24 Å². The van der Waals surface area contributed by atoms with E-state index in [2.05, 4.69) is 203 Å². The number of rotatable bonds is 15. The Balaban J connectivity index is 1.25. The maximum atomic E-state index is 3.14. The maximum absolute atomic E-state index is 3.14. The molecule has 0 aliphatic heterocycles. The van der Waals surface area contributed by atoms with Gasteiger partial charge in [-0.1, -0.05) is 194 Å². The topological polar surface area (TPSA) is 0 Å². The molecule has 0 radical (unpaired) electrons. The summed E-state index contributed by atoms with van der Waals surface area (Å²) in [6.45, 7) is 0. The smallest absolute Gasteiger partial charge is 0.0195 e. The average molecular weight is 747 g/mol. The fourth-order valence-electron chi connectivity index (χ4n) is 7.15. The van der Waals surface area contributed by atoms with Crippen LogP contribution >= 0.6 is 33.0 Å². The SMILES string of the molecule is Pc1ccc(CCP(c2ccccc2)c2ccccc2)c(CCP(c2ccccc2)c2ccccc2)c1CCP(c1ccccc1)c1ccccc1. The molecule has 0 aromatic heterocycles. The van der Waals surface area contributed by atoms with Crippen LogP contribution in [-0.4, -0.2) is 18.5 Å². The van der Waals surface area contributed by atoms with Crippen LogP contribution in [0, 0.1) is 0 Å². The van der Waals surface area contributed by atoms with Crippen LogP contribution in [-0.2, 0) is 19.3 Å². The monoisotopic (exact) mass is 746 g/mol. The van der Waals surface area contributed by atoms with Crippen LogP contribution in [0.3, 0.4) is 0 Å². The second-order valence-corrected chi connectivity index (χ2v) is 20.6. The van der Waals surface area contributed by atoms with E-state index in [0.717, 1.165) is 37.7 Å². The van der Waals surface area contributed by atoms with Crippen LogP contribution in [0.5, 0.6) is 0 Å². The molecule has 0 saturated carbocycles. The van der Waals surface area contributed by atoms with Crippen molar-refractivity contribution >= 4 is 70.1 Å². The van der Waals surface area contributed by atoms with Crippen molar-refractivity contribution in [1.82, 2.24) is 0 Å². The summed E-state index contributed by atoms with van der Waals surface area (Å²) in [6, 6.07) is 72.2. The normalized spacial score (nSPS) is 11.4. The lowest BCUT2D eigenvalue weighted by Gasteiger charge is -2.25. The summed E-state index contributed by atoms with van der Waals surface area (Å²) in [5.74, 6) is 0. The molecule has 0 aliphatic carbocycles. The number of benzene rings is 7. The lowest BCUT2D eigenvalue weighted by molar-refractivity contribution is 0.999. The summed E-state index contributed by atoms with van der Waals surface area (Å²) in [5, 5.41) is 10.1. The van der Waals surface area contributed by atoms with E-state index in [4.69, 9.17) is 0 Å². The minimum absolute atomic E-state index is 0.475.